The third kappa shape index (κ3) is 1.65. The Bertz CT molecular complexity index is 637. The molecule has 0 bridgehead atoms. The van der Waals surface area contributed by atoms with Crippen LogP contribution in [0, 0.1) is 17.3 Å². The minimum Gasteiger partial charge on any atom is -0.461 e. The number of hydrogen-bond acceptors (Lipinski definition) is 3. The van der Waals surface area contributed by atoms with Crippen LogP contribution in [0.5, 0.6) is 0 Å². The van der Waals surface area contributed by atoms with Crippen molar-refractivity contribution in [2.24, 2.45) is 17.3 Å². The molecule has 3 nitrogen and oxygen atoms in total. The van der Waals surface area contributed by atoms with Crippen LogP contribution in [0.1, 0.15) is 39.5 Å². The highest BCUT2D eigenvalue weighted by atomic mass is 79.9. The molecule has 2 aliphatic heterocycles. The Morgan fingerprint density at radius 2 is 1.87 bits per heavy atom. The Balaban J connectivity index is 1.63. The number of rotatable bonds is 0. The van der Waals surface area contributed by atoms with E-state index >= 15 is 0 Å². The summed E-state index contributed by atoms with van der Waals surface area (Å²) in [4.78, 5) is 13.1. The van der Waals surface area contributed by atoms with Crippen LogP contribution in [0.15, 0.2) is 0 Å². The summed E-state index contributed by atoms with van der Waals surface area (Å²) in [7, 11) is 0. The van der Waals surface area contributed by atoms with Crippen LogP contribution in [-0.4, -0.2) is 35.7 Å². The predicted octanol–water partition coefficient (Wildman–Crippen LogP) is 4.66. The van der Waals surface area contributed by atoms with E-state index in [1.165, 1.54) is 0 Å². The average molecular weight is 578 g/mol. The van der Waals surface area contributed by atoms with Crippen LogP contribution in [0.3, 0.4) is 0 Å². The Morgan fingerprint density at radius 1 is 1.22 bits per heavy atom. The zero-order valence-corrected chi connectivity index (χ0v) is 19.2. The molecule has 8 atom stereocenters. The van der Waals surface area contributed by atoms with Crippen molar-refractivity contribution in [3.05, 3.63) is 0 Å². The van der Waals surface area contributed by atoms with Crippen molar-refractivity contribution in [1.82, 2.24) is 0 Å². The van der Waals surface area contributed by atoms with Gasteiger partial charge in [0.25, 0.3) is 0 Å². The normalized spacial score (nSPS) is 64.7. The molecule has 128 valence electrons. The number of esters is 1. The van der Waals surface area contributed by atoms with E-state index in [0.717, 1.165) is 25.7 Å². The van der Waals surface area contributed by atoms with Crippen LogP contribution < -0.4 is 0 Å². The fourth-order valence-corrected chi connectivity index (χ4v) is 9.29. The van der Waals surface area contributed by atoms with E-state index in [0.29, 0.717) is 4.83 Å². The maximum Gasteiger partial charge on any atom is 0.315 e. The first-order valence-electron chi connectivity index (χ1n) is 8.14. The molecule has 2 unspecified atom stereocenters. The van der Waals surface area contributed by atoms with Gasteiger partial charge in [0.05, 0.1) is 8.83 Å². The summed E-state index contributed by atoms with van der Waals surface area (Å²) < 4.78 is 12.0. The lowest BCUT2D eigenvalue weighted by molar-refractivity contribution is -0.147. The molecule has 0 radical (unpaired) electrons. The van der Waals surface area contributed by atoms with E-state index in [2.05, 4.69) is 77.6 Å². The summed E-state index contributed by atoms with van der Waals surface area (Å²) in [5.41, 5.74) is -0.649. The lowest BCUT2D eigenvalue weighted by atomic mass is 9.75. The molecule has 23 heavy (non-hydrogen) atoms. The van der Waals surface area contributed by atoms with Crippen molar-refractivity contribution in [3.63, 3.8) is 0 Å². The highest BCUT2D eigenvalue weighted by Gasteiger charge is 2.86. The number of alkyl halides is 4. The van der Waals surface area contributed by atoms with E-state index in [1.54, 1.807) is 0 Å². The molecule has 0 amide bonds. The first-order valence-corrected chi connectivity index (χ1v) is 11.4. The number of fused-ring (bicyclic) bond motifs is 3. The first-order chi connectivity index (χ1) is 10.5. The van der Waals surface area contributed by atoms with E-state index in [9.17, 15) is 4.79 Å². The van der Waals surface area contributed by atoms with Crippen molar-refractivity contribution in [1.29, 1.82) is 0 Å². The summed E-state index contributed by atoms with van der Waals surface area (Å²) in [6, 6.07) is 0. The summed E-state index contributed by atoms with van der Waals surface area (Å²) in [5, 5.41) is 0. The maximum atomic E-state index is 12.8. The average Bonchev–Trinajstić information content (AvgIpc) is 3.12. The molecule has 0 aromatic rings. The fraction of sp³-hybridized carbons (Fsp3) is 0.938. The molecule has 0 N–H and O–H groups in total. The molecule has 0 aromatic heterocycles. The summed E-state index contributed by atoms with van der Waals surface area (Å²) in [6.07, 6.45) is 3.70. The van der Waals surface area contributed by atoms with Gasteiger partial charge in [0, 0.05) is 21.0 Å². The van der Waals surface area contributed by atoms with Crippen molar-refractivity contribution in [2.75, 3.05) is 0 Å². The molecule has 2 saturated heterocycles. The van der Waals surface area contributed by atoms with Gasteiger partial charge in [0.1, 0.15) is 17.1 Å². The van der Waals surface area contributed by atoms with Gasteiger partial charge in [-0.15, -0.1) is 0 Å². The van der Waals surface area contributed by atoms with Gasteiger partial charge in [0.2, 0.25) is 0 Å². The Hall–Kier alpha value is 1.35. The van der Waals surface area contributed by atoms with Crippen LogP contribution in [0.2, 0.25) is 0 Å². The van der Waals surface area contributed by atoms with Gasteiger partial charge in [-0.25, -0.2) is 0 Å². The second kappa shape index (κ2) is 4.26. The van der Waals surface area contributed by atoms with Crippen LogP contribution in [0.4, 0.5) is 0 Å². The third-order valence-electron chi connectivity index (χ3n) is 7.39. The van der Waals surface area contributed by atoms with Gasteiger partial charge in [-0.2, -0.15) is 0 Å². The Labute approximate surface area is 169 Å². The van der Waals surface area contributed by atoms with E-state index in [1.807, 2.05) is 0 Å². The van der Waals surface area contributed by atoms with Gasteiger partial charge in [-0.1, -0.05) is 63.7 Å². The largest absolute Gasteiger partial charge is 0.461 e. The van der Waals surface area contributed by atoms with Crippen LogP contribution >= 0.6 is 63.7 Å². The molecule has 5 rings (SSSR count). The van der Waals surface area contributed by atoms with Crippen molar-refractivity contribution in [3.8, 4) is 0 Å². The maximum absolute atomic E-state index is 12.8. The second-order valence-corrected chi connectivity index (χ2v) is 15.0. The van der Waals surface area contributed by atoms with Crippen molar-refractivity contribution in [2.45, 2.75) is 69.2 Å². The number of ether oxygens (including phenoxy) is 2. The number of halogens is 4. The molecule has 3 aliphatic carbocycles. The fourth-order valence-electron chi connectivity index (χ4n) is 5.93. The predicted molar refractivity (Wildman–Crippen MR) is 101 cm³/mol. The van der Waals surface area contributed by atoms with E-state index < -0.39 is 5.41 Å². The molecule has 5 aliphatic rings. The zero-order chi connectivity index (χ0) is 16.6. The summed E-state index contributed by atoms with van der Waals surface area (Å²) >= 11 is 15.3. The van der Waals surface area contributed by atoms with E-state index in [4.69, 9.17) is 9.47 Å². The first kappa shape index (κ1) is 16.5. The topological polar surface area (TPSA) is 38.8 Å². The second-order valence-electron chi connectivity index (χ2n) is 8.39. The van der Waals surface area contributed by atoms with Crippen LogP contribution in [-0.2, 0) is 14.3 Å². The molecule has 7 heteroatoms. The van der Waals surface area contributed by atoms with Crippen molar-refractivity contribution < 1.29 is 14.3 Å². The minimum atomic E-state index is -0.403. The van der Waals surface area contributed by atoms with Gasteiger partial charge in [0.15, 0.2) is 0 Å². The molecule has 2 heterocycles. The van der Waals surface area contributed by atoms with Gasteiger partial charge in [-0.3, -0.25) is 4.79 Å². The monoisotopic (exact) mass is 574 g/mol. The van der Waals surface area contributed by atoms with Crippen LogP contribution in [0.25, 0.3) is 0 Å². The highest BCUT2D eigenvalue weighted by Crippen LogP contribution is 2.79. The zero-order valence-electron chi connectivity index (χ0n) is 12.9. The molecule has 0 aromatic carbocycles. The Morgan fingerprint density at radius 3 is 2.48 bits per heavy atom. The van der Waals surface area contributed by atoms with Crippen molar-refractivity contribution >= 4 is 69.7 Å². The quantitative estimate of drug-likeness (QED) is 0.239. The Kier molecular flexibility index (Phi) is 3.06. The summed E-state index contributed by atoms with van der Waals surface area (Å²) in [5.74, 6) is 0.386. The highest BCUT2D eigenvalue weighted by molar-refractivity contribution is 9.25. The number of hydrogen-bond donors (Lipinski definition) is 0. The third-order valence-corrected chi connectivity index (χ3v) is 12.3. The lowest BCUT2D eigenvalue weighted by Gasteiger charge is -2.35. The standard InChI is InChI=1S/C16H18Br4O3/c1-12-4-3-7-9(22-11(21)14(7)6-16(14,19)20)10-13(2,18)8(17)5-15(10,12)23-12/h7-10H,3-6H2,1-2H3/t7-,8-,9+,10?,12+,13+,14+,15?/m1/s1. The molecule has 2 spiro atoms. The lowest BCUT2D eigenvalue weighted by Crippen LogP contribution is -2.45. The summed E-state index contributed by atoms with van der Waals surface area (Å²) in [6.45, 7) is 4.46. The molecular weight excluding hydrogens is 560 g/mol. The SMILES string of the molecule is C[C@@]1(Br)C2[C@H]3OC(=O)[C@]4(CC4(Br)Br)[C@@H]3CC[C@]3(C)OC23C[C@H]1Br. The molecular formula is C16H18Br4O3. The molecule has 5 fully saturated rings. The smallest absolute Gasteiger partial charge is 0.315 e. The number of epoxide rings is 1. The van der Waals surface area contributed by atoms with Gasteiger partial charge < -0.3 is 9.47 Å². The number of carbonyl (C=O) groups excluding carboxylic acids is 1. The number of carbonyl (C=O) groups is 1. The minimum absolute atomic E-state index is 0.0398. The van der Waals surface area contributed by atoms with E-state index in [-0.39, 0.29) is 42.7 Å². The van der Waals surface area contributed by atoms with Gasteiger partial charge >= 0.3 is 5.97 Å². The van der Waals surface area contributed by atoms with Gasteiger partial charge in [-0.05, 0) is 39.5 Å². The molecule has 3 saturated carbocycles.